The summed E-state index contributed by atoms with van der Waals surface area (Å²) in [5.74, 6) is 0.743. The van der Waals surface area contributed by atoms with Crippen molar-refractivity contribution < 1.29 is 8.42 Å². The molecule has 0 amide bonds. The van der Waals surface area contributed by atoms with Crippen LogP contribution in [0.2, 0.25) is 0 Å². The van der Waals surface area contributed by atoms with Gasteiger partial charge in [-0.25, -0.2) is 8.42 Å². The Morgan fingerprint density at radius 1 is 1.28 bits per heavy atom. The van der Waals surface area contributed by atoms with E-state index in [4.69, 9.17) is 0 Å². The van der Waals surface area contributed by atoms with Crippen LogP contribution in [0.4, 0.5) is 5.69 Å². The zero-order valence-corrected chi connectivity index (χ0v) is 11.1. The molecule has 0 atom stereocenters. The molecule has 0 radical (unpaired) electrons. The van der Waals surface area contributed by atoms with Crippen molar-refractivity contribution in [3.8, 4) is 0 Å². The van der Waals surface area contributed by atoms with E-state index in [9.17, 15) is 8.42 Å². The van der Waals surface area contributed by atoms with Crippen LogP contribution in [0.25, 0.3) is 0 Å². The molecule has 2 aliphatic rings. The van der Waals surface area contributed by atoms with Gasteiger partial charge in [0.2, 0.25) is 10.0 Å². The van der Waals surface area contributed by atoms with Gasteiger partial charge >= 0.3 is 0 Å². The first-order valence-corrected chi connectivity index (χ1v) is 8.15. The van der Waals surface area contributed by atoms with Gasteiger partial charge in [0.05, 0.1) is 10.9 Å². The quantitative estimate of drug-likeness (QED) is 0.889. The van der Waals surface area contributed by atoms with E-state index in [1.54, 1.807) is 12.3 Å². The number of anilines is 1. The number of sulfonamides is 1. The summed E-state index contributed by atoms with van der Waals surface area (Å²) in [5.41, 5.74) is 1.65. The third-order valence-electron chi connectivity index (χ3n) is 3.76. The molecule has 1 aromatic rings. The molecule has 1 heterocycles. The van der Waals surface area contributed by atoms with Crippen LogP contribution in [0, 0.1) is 5.92 Å². The molecule has 2 saturated carbocycles. The van der Waals surface area contributed by atoms with Crippen LogP contribution < -0.4 is 4.72 Å². The second kappa shape index (κ2) is 4.53. The van der Waals surface area contributed by atoms with Gasteiger partial charge in [-0.3, -0.25) is 9.71 Å². The van der Waals surface area contributed by atoms with Crippen molar-refractivity contribution in [1.29, 1.82) is 0 Å². The predicted molar refractivity (Wildman–Crippen MR) is 70.8 cm³/mol. The minimum Gasteiger partial charge on any atom is -0.283 e. The zero-order chi connectivity index (χ0) is 12.6. The molecule has 0 unspecified atom stereocenters. The van der Waals surface area contributed by atoms with Crippen molar-refractivity contribution >= 4 is 15.7 Å². The fourth-order valence-corrected chi connectivity index (χ4v) is 3.65. The summed E-state index contributed by atoms with van der Waals surface area (Å²) in [7, 11) is -3.15. The number of aromatic nitrogens is 1. The normalized spacial score (nSPS) is 20.4. The maximum Gasteiger partial charge on any atom is 0.235 e. The van der Waals surface area contributed by atoms with Gasteiger partial charge in [0.1, 0.15) is 0 Å². The summed E-state index contributed by atoms with van der Waals surface area (Å²) in [6, 6.07) is 3.60. The van der Waals surface area contributed by atoms with Gasteiger partial charge in [-0.1, -0.05) is 19.3 Å². The first-order valence-electron chi connectivity index (χ1n) is 6.60. The van der Waals surface area contributed by atoms with Crippen molar-refractivity contribution in [1.82, 2.24) is 4.98 Å². The number of hydrogen-bond donors (Lipinski definition) is 1. The molecule has 0 bridgehead atoms. The number of nitrogens with zero attached hydrogens (tertiary/aromatic N) is 1. The molecule has 2 fully saturated rings. The molecule has 1 N–H and O–H groups in total. The molecule has 0 spiro atoms. The second-order valence-corrected chi connectivity index (χ2v) is 7.34. The van der Waals surface area contributed by atoms with E-state index >= 15 is 0 Å². The molecule has 0 aromatic carbocycles. The summed E-state index contributed by atoms with van der Waals surface area (Å²) in [5, 5.41) is -0.180. The van der Waals surface area contributed by atoms with Gasteiger partial charge in [-0.15, -0.1) is 0 Å². The summed E-state index contributed by atoms with van der Waals surface area (Å²) in [6.07, 6.45) is 8.11. The Balaban J connectivity index is 1.69. The fraction of sp³-hybridized carbons (Fsp3) is 0.615. The van der Waals surface area contributed by atoms with E-state index in [-0.39, 0.29) is 5.25 Å². The van der Waals surface area contributed by atoms with Crippen LogP contribution in [0.3, 0.4) is 0 Å². The fourth-order valence-electron chi connectivity index (χ4n) is 2.27. The molecule has 0 saturated heterocycles. The largest absolute Gasteiger partial charge is 0.283 e. The first kappa shape index (κ1) is 12.0. The first-order chi connectivity index (χ1) is 8.63. The van der Waals surface area contributed by atoms with E-state index < -0.39 is 10.0 Å². The van der Waals surface area contributed by atoms with Gasteiger partial charge < -0.3 is 0 Å². The average Bonchev–Trinajstić information content (AvgIpc) is 3.07. The van der Waals surface area contributed by atoms with Gasteiger partial charge in [0.15, 0.2) is 0 Å². The van der Waals surface area contributed by atoms with Crippen LogP contribution >= 0.6 is 0 Å². The lowest BCUT2D eigenvalue weighted by atomic mass is 9.82. The number of hydrogen-bond acceptors (Lipinski definition) is 3. The number of pyridine rings is 1. The SMILES string of the molecule is O=S(=O)(Nc1ccnc(CC2CCC2)c1)C1CC1. The maximum absolute atomic E-state index is 11.8. The Kier molecular flexibility index (Phi) is 3.01. The minimum atomic E-state index is -3.15. The Bertz CT molecular complexity index is 534. The van der Waals surface area contributed by atoms with Crippen molar-refractivity contribution in [2.24, 2.45) is 5.92 Å². The molecule has 2 aliphatic carbocycles. The molecule has 5 heteroatoms. The Labute approximate surface area is 108 Å². The zero-order valence-electron chi connectivity index (χ0n) is 10.3. The lowest BCUT2D eigenvalue weighted by Gasteiger charge is -2.24. The van der Waals surface area contributed by atoms with Crippen molar-refractivity contribution in [2.45, 2.75) is 43.8 Å². The molecule has 0 aliphatic heterocycles. The van der Waals surface area contributed by atoms with Crippen LogP contribution in [0.15, 0.2) is 18.3 Å². The van der Waals surface area contributed by atoms with Crippen LogP contribution in [0.5, 0.6) is 0 Å². The van der Waals surface area contributed by atoms with E-state index in [2.05, 4.69) is 9.71 Å². The molecular weight excluding hydrogens is 248 g/mol. The number of nitrogens with one attached hydrogen (secondary N) is 1. The van der Waals surface area contributed by atoms with E-state index in [1.165, 1.54) is 19.3 Å². The summed E-state index contributed by atoms with van der Waals surface area (Å²) >= 11 is 0. The highest BCUT2D eigenvalue weighted by molar-refractivity contribution is 7.93. The molecule has 1 aromatic heterocycles. The lowest BCUT2D eigenvalue weighted by molar-refractivity contribution is 0.312. The van der Waals surface area contributed by atoms with Crippen LogP contribution in [-0.4, -0.2) is 18.7 Å². The smallest absolute Gasteiger partial charge is 0.235 e. The van der Waals surface area contributed by atoms with E-state index in [0.29, 0.717) is 5.69 Å². The maximum atomic E-state index is 11.8. The highest BCUT2D eigenvalue weighted by Gasteiger charge is 2.35. The second-order valence-electron chi connectivity index (χ2n) is 5.38. The van der Waals surface area contributed by atoms with E-state index in [1.807, 2.05) is 6.07 Å². The van der Waals surface area contributed by atoms with E-state index in [0.717, 1.165) is 30.9 Å². The molecule has 18 heavy (non-hydrogen) atoms. The third-order valence-corrected chi connectivity index (χ3v) is 5.63. The monoisotopic (exact) mass is 266 g/mol. The summed E-state index contributed by atoms with van der Waals surface area (Å²) < 4.78 is 26.3. The lowest BCUT2D eigenvalue weighted by Crippen LogP contribution is -2.18. The topological polar surface area (TPSA) is 59.1 Å². The molecular formula is C13H18N2O2S. The minimum absolute atomic E-state index is 0.180. The Hall–Kier alpha value is -1.10. The molecule has 4 nitrogen and oxygen atoms in total. The third kappa shape index (κ3) is 2.66. The molecule has 3 rings (SSSR count). The van der Waals surface area contributed by atoms with Crippen molar-refractivity contribution in [3.63, 3.8) is 0 Å². The van der Waals surface area contributed by atoms with Crippen molar-refractivity contribution in [3.05, 3.63) is 24.0 Å². The Morgan fingerprint density at radius 3 is 2.67 bits per heavy atom. The van der Waals surface area contributed by atoms with Crippen LogP contribution in [0.1, 0.15) is 37.8 Å². The molecule has 98 valence electrons. The van der Waals surface area contributed by atoms with Crippen molar-refractivity contribution in [2.75, 3.05) is 4.72 Å². The Morgan fingerprint density at radius 2 is 2.06 bits per heavy atom. The standard InChI is InChI=1S/C13H18N2O2S/c16-18(17,13-4-5-13)15-11-6-7-14-12(9-11)8-10-2-1-3-10/h6-7,9-10,13H,1-5,8H2,(H,14,15). The summed E-state index contributed by atoms with van der Waals surface area (Å²) in [6.45, 7) is 0. The highest BCUT2D eigenvalue weighted by atomic mass is 32.2. The number of rotatable bonds is 5. The average molecular weight is 266 g/mol. The van der Waals surface area contributed by atoms with Crippen LogP contribution in [-0.2, 0) is 16.4 Å². The summed E-state index contributed by atoms with van der Waals surface area (Å²) in [4.78, 5) is 4.32. The highest BCUT2D eigenvalue weighted by Crippen LogP contribution is 2.31. The van der Waals surface area contributed by atoms with Gasteiger partial charge in [-0.2, -0.15) is 0 Å². The van der Waals surface area contributed by atoms with Gasteiger partial charge in [0.25, 0.3) is 0 Å². The van der Waals surface area contributed by atoms with Gasteiger partial charge in [-0.05, 0) is 37.3 Å². The van der Waals surface area contributed by atoms with Gasteiger partial charge in [0, 0.05) is 11.9 Å². The predicted octanol–water partition coefficient (Wildman–Crippen LogP) is 2.33.